The van der Waals surface area contributed by atoms with Gasteiger partial charge in [0.25, 0.3) is 15.9 Å². The average Bonchev–Trinajstić information content (AvgIpc) is 2.63. The second-order valence-corrected chi connectivity index (χ2v) is 7.79. The summed E-state index contributed by atoms with van der Waals surface area (Å²) in [7, 11) is -3.85. The zero-order valence-electron chi connectivity index (χ0n) is 14.8. The van der Waals surface area contributed by atoms with Crippen molar-refractivity contribution in [3.8, 4) is 0 Å². The summed E-state index contributed by atoms with van der Waals surface area (Å²) in [6, 6.07) is 11.1. The molecule has 0 radical (unpaired) electrons. The van der Waals surface area contributed by atoms with E-state index in [1.165, 1.54) is 24.3 Å². The fourth-order valence-corrected chi connectivity index (χ4v) is 3.52. The average molecular weight is 410 g/mol. The summed E-state index contributed by atoms with van der Waals surface area (Å²) in [5.41, 5.74) is 0.500. The number of likely N-dealkylation sites (N-methyl/N-ethyl adjacent to an activating group) is 1. The Labute approximate surface area is 163 Å². The molecule has 2 amide bonds. The number of hydrogen-bond acceptors (Lipinski definition) is 4. The van der Waals surface area contributed by atoms with E-state index < -0.39 is 22.0 Å². The molecule has 0 aliphatic heterocycles. The molecule has 0 aromatic heterocycles. The highest BCUT2D eigenvalue weighted by Crippen LogP contribution is 2.24. The third-order valence-electron chi connectivity index (χ3n) is 3.64. The highest BCUT2D eigenvalue weighted by molar-refractivity contribution is 7.92. The van der Waals surface area contributed by atoms with Crippen LogP contribution in [-0.2, 0) is 14.8 Å². The Bertz CT molecular complexity index is 930. The quantitative estimate of drug-likeness (QED) is 0.653. The minimum Gasteiger partial charge on any atom is -0.355 e. The van der Waals surface area contributed by atoms with Crippen molar-refractivity contribution < 1.29 is 18.0 Å². The number of nitrogens with one attached hydrogen (secondary N) is 3. The molecule has 0 fully saturated rings. The molecule has 0 bridgehead atoms. The van der Waals surface area contributed by atoms with Crippen molar-refractivity contribution in [1.29, 1.82) is 0 Å². The van der Waals surface area contributed by atoms with Crippen LogP contribution in [0.4, 0.5) is 5.69 Å². The molecule has 1 atom stereocenters. The number of amides is 2. The van der Waals surface area contributed by atoms with Crippen LogP contribution >= 0.6 is 11.6 Å². The van der Waals surface area contributed by atoms with Crippen LogP contribution in [0.3, 0.4) is 0 Å². The van der Waals surface area contributed by atoms with Crippen LogP contribution in [0.5, 0.6) is 0 Å². The van der Waals surface area contributed by atoms with Gasteiger partial charge in [-0.05, 0) is 50.2 Å². The molecule has 0 aliphatic rings. The highest BCUT2D eigenvalue weighted by Gasteiger charge is 2.18. The van der Waals surface area contributed by atoms with Gasteiger partial charge in [-0.25, -0.2) is 8.42 Å². The first kappa shape index (κ1) is 20.7. The molecule has 27 heavy (non-hydrogen) atoms. The predicted octanol–water partition coefficient (Wildman–Crippen LogP) is 2.40. The highest BCUT2D eigenvalue weighted by atomic mass is 35.5. The summed E-state index contributed by atoms with van der Waals surface area (Å²) in [5.74, 6) is -0.772. The van der Waals surface area contributed by atoms with Crippen molar-refractivity contribution in [1.82, 2.24) is 10.6 Å². The van der Waals surface area contributed by atoms with Crippen molar-refractivity contribution in [2.24, 2.45) is 0 Å². The van der Waals surface area contributed by atoms with Crippen LogP contribution in [0.25, 0.3) is 0 Å². The summed E-state index contributed by atoms with van der Waals surface area (Å²) in [5, 5.41) is 5.43. The van der Waals surface area contributed by atoms with E-state index in [2.05, 4.69) is 15.4 Å². The van der Waals surface area contributed by atoms with Crippen LogP contribution in [0.2, 0.25) is 5.02 Å². The summed E-state index contributed by atoms with van der Waals surface area (Å²) < 4.78 is 27.3. The van der Waals surface area contributed by atoms with Crippen LogP contribution in [0, 0.1) is 0 Å². The number of sulfonamides is 1. The maximum absolute atomic E-state index is 12.5. The molecule has 0 saturated carbocycles. The molecule has 2 aromatic rings. The van der Waals surface area contributed by atoms with Gasteiger partial charge in [0.1, 0.15) is 6.04 Å². The van der Waals surface area contributed by atoms with Crippen molar-refractivity contribution >= 4 is 39.1 Å². The van der Waals surface area contributed by atoms with E-state index in [0.29, 0.717) is 6.54 Å². The van der Waals surface area contributed by atoms with Crippen molar-refractivity contribution in [2.45, 2.75) is 24.8 Å². The van der Waals surface area contributed by atoms with Gasteiger partial charge in [0.15, 0.2) is 0 Å². The molecule has 0 aliphatic carbocycles. The van der Waals surface area contributed by atoms with E-state index in [4.69, 9.17) is 11.6 Å². The number of carbonyl (C=O) groups excluding carboxylic acids is 2. The standard InChI is InChI=1S/C18H20ClN3O4S/c1-3-20-17(23)12(2)21-18(24)13-8-10-14(11-9-13)27(25,26)22-16-7-5-4-6-15(16)19/h4-12,22H,3H2,1-2H3,(H,20,23)(H,21,24). The largest absolute Gasteiger partial charge is 0.355 e. The SMILES string of the molecule is CCNC(=O)C(C)NC(=O)c1ccc(S(=O)(=O)Nc2ccccc2Cl)cc1. The number of hydrogen-bond donors (Lipinski definition) is 3. The maximum Gasteiger partial charge on any atom is 0.261 e. The van der Waals surface area contributed by atoms with Crippen molar-refractivity contribution in [2.75, 3.05) is 11.3 Å². The van der Waals surface area contributed by atoms with Crippen molar-refractivity contribution in [3.05, 3.63) is 59.1 Å². The fraction of sp³-hybridized carbons (Fsp3) is 0.222. The first-order valence-corrected chi connectivity index (χ1v) is 10.1. The Balaban J connectivity index is 2.11. The molecule has 2 rings (SSSR count). The molecule has 7 nitrogen and oxygen atoms in total. The second kappa shape index (κ2) is 8.88. The topological polar surface area (TPSA) is 104 Å². The van der Waals surface area contributed by atoms with Gasteiger partial charge in [0.05, 0.1) is 15.6 Å². The second-order valence-electron chi connectivity index (χ2n) is 5.70. The minimum atomic E-state index is -3.85. The van der Waals surface area contributed by atoms with E-state index in [-0.39, 0.29) is 27.1 Å². The molecule has 9 heteroatoms. The van der Waals surface area contributed by atoms with Crippen molar-refractivity contribution in [3.63, 3.8) is 0 Å². The molecule has 144 valence electrons. The monoisotopic (exact) mass is 409 g/mol. The molecule has 2 aromatic carbocycles. The first-order valence-electron chi connectivity index (χ1n) is 8.20. The molecular weight excluding hydrogens is 390 g/mol. The Kier molecular flexibility index (Phi) is 6.81. The van der Waals surface area contributed by atoms with Crippen LogP contribution < -0.4 is 15.4 Å². The van der Waals surface area contributed by atoms with Gasteiger partial charge in [-0.15, -0.1) is 0 Å². The van der Waals surface area contributed by atoms with Gasteiger partial charge in [-0.3, -0.25) is 14.3 Å². The fourth-order valence-electron chi connectivity index (χ4n) is 2.21. The minimum absolute atomic E-state index is 0.0178. The third kappa shape index (κ3) is 5.45. The molecule has 0 spiro atoms. The number of rotatable bonds is 7. The Morgan fingerprint density at radius 2 is 1.70 bits per heavy atom. The Hall–Kier alpha value is -2.58. The predicted molar refractivity (Wildman–Crippen MR) is 104 cm³/mol. The van der Waals surface area contributed by atoms with E-state index >= 15 is 0 Å². The van der Waals surface area contributed by atoms with Gasteiger partial charge < -0.3 is 10.6 Å². The maximum atomic E-state index is 12.5. The first-order chi connectivity index (χ1) is 12.7. The number of carbonyl (C=O) groups is 2. The van der Waals surface area contributed by atoms with E-state index in [1.54, 1.807) is 38.1 Å². The van der Waals surface area contributed by atoms with E-state index in [1.807, 2.05) is 0 Å². The summed E-state index contributed by atoms with van der Waals surface area (Å²) in [6.07, 6.45) is 0. The summed E-state index contributed by atoms with van der Waals surface area (Å²) >= 11 is 5.97. The van der Waals surface area contributed by atoms with Gasteiger partial charge in [-0.1, -0.05) is 23.7 Å². The third-order valence-corrected chi connectivity index (χ3v) is 5.35. The zero-order chi connectivity index (χ0) is 20.0. The molecule has 0 saturated heterocycles. The van der Waals surface area contributed by atoms with Crippen LogP contribution in [-0.4, -0.2) is 32.8 Å². The number of para-hydroxylation sites is 1. The Morgan fingerprint density at radius 1 is 1.07 bits per heavy atom. The molecular formula is C18H20ClN3O4S. The van der Waals surface area contributed by atoms with Gasteiger partial charge in [0.2, 0.25) is 5.91 Å². The normalized spacial score (nSPS) is 12.1. The van der Waals surface area contributed by atoms with Gasteiger partial charge in [-0.2, -0.15) is 0 Å². The Morgan fingerprint density at radius 3 is 2.30 bits per heavy atom. The lowest BCUT2D eigenvalue weighted by Crippen LogP contribution is -2.44. The van der Waals surface area contributed by atoms with Gasteiger partial charge in [0, 0.05) is 12.1 Å². The molecule has 1 unspecified atom stereocenters. The molecule has 3 N–H and O–H groups in total. The summed E-state index contributed by atoms with van der Waals surface area (Å²) in [4.78, 5) is 23.8. The smallest absolute Gasteiger partial charge is 0.261 e. The zero-order valence-corrected chi connectivity index (χ0v) is 16.4. The van der Waals surface area contributed by atoms with Crippen LogP contribution in [0.15, 0.2) is 53.4 Å². The lowest BCUT2D eigenvalue weighted by Gasteiger charge is -2.14. The van der Waals surface area contributed by atoms with E-state index in [0.717, 1.165) is 0 Å². The summed E-state index contributed by atoms with van der Waals surface area (Å²) in [6.45, 7) is 3.81. The number of halogens is 1. The number of anilines is 1. The van der Waals surface area contributed by atoms with Gasteiger partial charge >= 0.3 is 0 Å². The molecule has 0 heterocycles. The number of benzene rings is 2. The lowest BCUT2D eigenvalue weighted by atomic mass is 10.2. The van der Waals surface area contributed by atoms with Crippen LogP contribution in [0.1, 0.15) is 24.2 Å². The van der Waals surface area contributed by atoms with E-state index in [9.17, 15) is 18.0 Å². The lowest BCUT2D eigenvalue weighted by molar-refractivity contribution is -0.122.